The van der Waals surface area contributed by atoms with Crippen LogP contribution in [0.25, 0.3) is 0 Å². The van der Waals surface area contributed by atoms with Crippen molar-refractivity contribution in [1.82, 2.24) is 5.32 Å². The van der Waals surface area contributed by atoms with E-state index in [9.17, 15) is 13.6 Å². The van der Waals surface area contributed by atoms with Crippen LogP contribution in [0.3, 0.4) is 0 Å². The Balaban J connectivity index is 1.84. The number of carbonyl (C=O) groups is 1. The van der Waals surface area contributed by atoms with Crippen molar-refractivity contribution in [3.8, 4) is 0 Å². The van der Waals surface area contributed by atoms with Crippen molar-refractivity contribution in [2.24, 2.45) is 0 Å². The van der Waals surface area contributed by atoms with E-state index in [2.05, 4.69) is 21.2 Å². The molecule has 3 nitrogen and oxygen atoms in total. The molecule has 1 aliphatic carbocycles. The SMILES string of the molecule is O=C1C(NC2CC2)CCN1c1c(F)cc(F)cc1Br. The van der Waals surface area contributed by atoms with Crippen LogP contribution >= 0.6 is 15.9 Å². The molecular weight excluding hydrogens is 318 g/mol. The number of amides is 1. The number of nitrogens with one attached hydrogen (secondary N) is 1. The van der Waals surface area contributed by atoms with Crippen molar-refractivity contribution in [3.05, 3.63) is 28.2 Å². The van der Waals surface area contributed by atoms with E-state index in [1.54, 1.807) is 0 Å². The number of halogens is 3. The fourth-order valence-corrected chi connectivity index (χ4v) is 3.01. The van der Waals surface area contributed by atoms with E-state index >= 15 is 0 Å². The van der Waals surface area contributed by atoms with Gasteiger partial charge in [-0.05, 0) is 41.3 Å². The highest BCUT2D eigenvalue weighted by atomic mass is 79.9. The van der Waals surface area contributed by atoms with E-state index in [-0.39, 0.29) is 22.1 Å². The summed E-state index contributed by atoms with van der Waals surface area (Å²) in [6, 6.07) is 2.15. The molecule has 0 aromatic heterocycles. The fourth-order valence-electron chi connectivity index (χ4n) is 2.38. The van der Waals surface area contributed by atoms with Gasteiger partial charge in [-0.1, -0.05) is 0 Å². The number of nitrogens with zero attached hydrogens (tertiary/aromatic N) is 1. The number of hydrogen-bond acceptors (Lipinski definition) is 2. The molecule has 1 atom stereocenters. The van der Waals surface area contributed by atoms with Gasteiger partial charge in [0.15, 0.2) is 5.82 Å². The van der Waals surface area contributed by atoms with Crippen LogP contribution in [0.4, 0.5) is 14.5 Å². The second kappa shape index (κ2) is 4.83. The van der Waals surface area contributed by atoms with Crippen LogP contribution in [-0.2, 0) is 4.79 Å². The molecule has 1 unspecified atom stereocenters. The maximum absolute atomic E-state index is 13.9. The number of rotatable bonds is 3. The predicted molar refractivity (Wildman–Crippen MR) is 71.0 cm³/mol. The number of anilines is 1. The maximum Gasteiger partial charge on any atom is 0.244 e. The highest BCUT2D eigenvalue weighted by Gasteiger charge is 2.37. The molecule has 1 saturated carbocycles. The Kier molecular flexibility index (Phi) is 3.30. The predicted octanol–water partition coefficient (Wildman–Crippen LogP) is 2.58. The quantitative estimate of drug-likeness (QED) is 0.923. The molecule has 1 aromatic carbocycles. The molecule has 0 radical (unpaired) electrons. The number of hydrogen-bond donors (Lipinski definition) is 1. The smallest absolute Gasteiger partial charge is 0.244 e. The van der Waals surface area contributed by atoms with Gasteiger partial charge in [0.1, 0.15) is 5.82 Å². The summed E-state index contributed by atoms with van der Waals surface area (Å²) in [4.78, 5) is 13.6. The molecule has 0 spiro atoms. The van der Waals surface area contributed by atoms with Gasteiger partial charge < -0.3 is 10.2 Å². The summed E-state index contributed by atoms with van der Waals surface area (Å²) in [6.07, 6.45) is 2.84. The van der Waals surface area contributed by atoms with E-state index in [1.807, 2.05) is 0 Å². The van der Waals surface area contributed by atoms with Gasteiger partial charge in [0.25, 0.3) is 0 Å². The minimum Gasteiger partial charge on any atom is -0.307 e. The van der Waals surface area contributed by atoms with Crippen LogP contribution in [0, 0.1) is 11.6 Å². The maximum atomic E-state index is 13.9. The third kappa shape index (κ3) is 2.51. The molecule has 2 aliphatic rings. The first-order chi connectivity index (χ1) is 9.06. The van der Waals surface area contributed by atoms with Gasteiger partial charge in [0.05, 0.1) is 11.7 Å². The molecule has 2 fully saturated rings. The lowest BCUT2D eigenvalue weighted by Gasteiger charge is -2.19. The average Bonchev–Trinajstić information content (AvgIpc) is 3.07. The summed E-state index contributed by atoms with van der Waals surface area (Å²) in [5.41, 5.74) is 0.131. The van der Waals surface area contributed by atoms with Crippen LogP contribution in [0.1, 0.15) is 19.3 Å². The van der Waals surface area contributed by atoms with Crippen molar-refractivity contribution >= 4 is 27.5 Å². The Labute approximate surface area is 118 Å². The summed E-state index contributed by atoms with van der Waals surface area (Å²) < 4.78 is 27.2. The van der Waals surface area contributed by atoms with E-state index in [1.165, 1.54) is 11.0 Å². The molecule has 102 valence electrons. The molecular formula is C13H13BrF2N2O. The van der Waals surface area contributed by atoms with Crippen molar-refractivity contribution in [2.75, 3.05) is 11.4 Å². The monoisotopic (exact) mass is 330 g/mol. The third-order valence-corrected chi connectivity index (χ3v) is 4.08. The second-order valence-electron chi connectivity index (χ2n) is 4.99. The zero-order chi connectivity index (χ0) is 13.6. The Morgan fingerprint density at radius 3 is 2.63 bits per heavy atom. The summed E-state index contributed by atoms with van der Waals surface area (Å²) in [6.45, 7) is 0.449. The number of carbonyl (C=O) groups excluding carboxylic acids is 1. The summed E-state index contributed by atoms with van der Waals surface area (Å²) >= 11 is 3.12. The molecule has 1 amide bonds. The van der Waals surface area contributed by atoms with Crippen LogP contribution in [0.2, 0.25) is 0 Å². The topological polar surface area (TPSA) is 32.3 Å². The summed E-state index contributed by atoms with van der Waals surface area (Å²) in [5, 5.41) is 3.25. The van der Waals surface area contributed by atoms with E-state index in [4.69, 9.17) is 0 Å². The van der Waals surface area contributed by atoms with E-state index in [0.29, 0.717) is 19.0 Å². The van der Waals surface area contributed by atoms with Crippen LogP contribution in [-0.4, -0.2) is 24.5 Å². The highest BCUT2D eigenvalue weighted by molar-refractivity contribution is 9.10. The largest absolute Gasteiger partial charge is 0.307 e. The molecule has 6 heteroatoms. The summed E-state index contributed by atoms with van der Waals surface area (Å²) in [5.74, 6) is -1.52. The average molecular weight is 331 g/mol. The first-order valence-electron chi connectivity index (χ1n) is 6.28. The van der Waals surface area contributed by atoms with Gasteiger partial charge in [-0.15, -0.1) is 0 Å². The molecule has 1 saturated heterocycles. The molecule has 3 rings (SSSR count). The Bertz CT molecular complexity index is 510. The van der Waals surface area contributed by atoms with E-state index < -0.39 is 11.6 Å². The lowest BCUT2D eigenvalue weighted by atomic mass is 10.2. The molecule has 0 bridgehead atoms. The van der Waals surface area contributed by atoms with Crippen LogP contribution in [0.15, 0.2) is 16.6 Å². The molecule has 1 N–H and O–H groups in total. The Morgan fingerprint density at radius 1 is 1.26 bits per heavy atom. The Hall–Kier alpha value is -1.01. The van der Waals surface area contributed by atoms with Gasteiger partial charge in [-0.3, -0.25) is 4.79 Å². The lowest BCUT2D eigenvalue weighted by molar-refractivity contribution is -0.118. The van der Waals surface area contributed by atoms with Crippen molar-refractivity contribution in [1.29, 1.82) is 0 Å². The third-order valence-electron chi connectivity index (χ3n) is 3.47. The molecule has 1 aliphatic heterocycles. The fraction of sp³-hybridized carbons (Fsp3) is 0.462. The standard InChI is InChI=1S/C13H13BrF2N2O/c14-9-5-7(15)6-10(16)12(9)18-4-3-11(13(18)19)17-8-1-2-8/h5-6,8,11,17H,1-4H2. The highest BCUT2D eigenvalue weighted by Crippen LogP contribution is 2.34. The molecule has 19 heavy (non-hydrogen) atoms. The van der Waals surface area contributed by atoms with Gasteiger partial charge in [0, 0.05) is 23.1 Å². The van der Waals surface area contributed by atoms with Gasteiger partial charge in [0.2, 0.25) is 5.91 Å². The number of benzene rings is 1. The zero-order valence-electron chi connectivity index (χ0n) is 10.1. The van der Waals surface area contributed by atoms with Gasteiger partial charge >= 0.3 is 0 Å². The molecule has 1 aromatic rings. The Morgan fingerprint density at radius 2 is 2.00 bits per heavy atom. The van der Waals surface area contributed by atoms with Crippen LogP contribution in [0.5, 0.6) is 0 Å². The van der Waals surface area contributed by atoms with Gasteiger partial charge in [-0.2, -0.15) is 0 Å². The van der Waals surface area contributed by atoms with Crippen molar-refractivity contribution in [3.63, 3.8) is 0 Å². The summed E-state index contributed by atoms with van der Waals surface area (Å²) in [7, 11) is 0. The van der Waals surface area contributed by atoms with Crippen molar-refractivity contribution in [2.45, 2.75) is 31.3 Å². The first kappa shape index (κ1) is 13.0. The minimum atomic E-state index is -0.715. The minimum absolute atomic E-state index is 0.131. The normalized spacial score (nSPS) is 23.2. The second-order valence-corrected chi connectivity index (χ2v) is 5.84. The van der Waals surface area contributed by atoms with Crippen LogP contribution < -0.4 is 10.2 Å². The molecule has 1 heterocycles. The van der Waals surface area contributed by atoms with Gasteiger partial charge in [-0.25, -0.2) is 8.78 Å². The van der Waals surface area contributed by atoms with E-state index in [0.717, 1.165) is 18.9 Å². The first-order valence-corrected chi connectivity index (χ1v) is 7.07. The lowest BCUT2D eigenvalue weighted by Crippen LogP contribution is -2.39. The van der Waals surface area contributed by atoms with Crippen molar-refractivity contribution < 1.29 is 13.6 Å². The zero-order valence-corrected chi connectivity index (χ0v) is 11.7.